The van der Waals surface area contributed by atoms with Gasteiger partial charge < -0.3 is 4.74 Å². The van der Waals surface area contributed by atoms with Crippen LogP contribution >= 0.6 is 0 Å². The van der Waals surface area contributed by atoms with Crippen LogP contribution in [0.4, 0.5) is 54.0 Å². The molecule has 15 heteroatoms. The number of nitro groups is 1. The van der Waals surface area contributed by atoms with Crippen molar-refractivity contribution in [2.24, 2.45) is 0 Å². The van der Waals surface area contributed by atoms with Gasteiger partial charge in [-0.3, -0.25) is 10.1 Å². The number of alkyl halides is 11. The highest BCUT2D eigenvalue weighted by atomic mass is 19.4. The van der Waals surface area contributed by atoms with Crippen molar-refractivity contribution in [2.45, 2.75) is 42.4 Å². The fraction of sp³-hybridized carbons (Fsp3) is 0.571. The summed E-state index contributed by atoms with van der Waals surface area (Å²) in [6.45, 7) is 0. The first kappa shape index (κ1) is 24.8. The average molecular weight is 449 g/mol. The number of nitrogens with zero attached hydrogens (tertiary/aromatic N) is 1. The zero-order chi connectivity index (χ0) is 23.1. The predicted octanol–water partition coefficient (Wildman–Crippen LogP) is 5.78. The standard InChI is InChI=1S/C14H10F11NO3/c1-29-9(7-2-4-8(5-3-7)26(27)28)6-10(15,16)11(17,18)12(19,20)13(21,22)14(23,24)25/h2-5,9H,6H2,1H3. The van der Waals surface area contributed by atoms with E-state index in [0.717, 1.165) is 12.1 Å². The Bertz CT molecular complexity index is 731. The molecule has 0 saturated heterocycles. The molecule has 4 nitrogen and oxygen atoms in total. The van der Waals surface area contributed by atoms with Crippen LogP contribution in [0.25, 0.3) is 0 Å². The summed E-state index contributed by atoms with van der Waals surface area (Å²) >= 11 is 0. The fourth-order valence-electron chi connectivity index (χ4n) is 2.11. The molecule has 166 valence electrons. The van der Waals surface area contributed by atoms with Crippen LogP contribution in [-0.4, -0.2) is 41.9 Å². The van der Waals surface area contributed by atoms with Gasteiger partial charge in [-0.25, -0.2) is 0 Å². The maximum absolute atomic E-state index is 13.8. The van der Waals surface area contributed by atoms with E-state index in [1.807, 2.05) is 0 Å². The lowest BCUT2D eigenvalue weighted by Gasteiger charge is -2.38. The van der Waals surface area contributed by atoms with Gasteiger partial charge in [-0.05, 0) is 17.7 Å². The molecule has 1 atom stereocenters. The smallest absolute Gasteiger partial charge is 0.377 e. The van der Waals surface area contributed by atoms with Gasteiger partial charge in [-0.2, -0.15) is 48.3 Å². The molecule has 0 N–H and O–H groups in total. The lowest BCUT2D eigenvalue weighted by molar-refractivity contribution is -0.423. The van der Waals surface area contributed by atoms with E-state index in [9.17, 15) is 58.4 Å². The number of hydrogen-bond donors (Lipinski definition) is 0. The number of hydrogen-bond acceptors (Lipinski definition) is 3. The molecule has 0 radical (unpaired) electrons. The van der Waals surface area contributed by atoms with Gasteiger partial charge >= 0.3 is 29.9 Å². The van der Waals surface area contributed by atoms with Crippen molar-refractivity contribution in [3.05, 3.63) is 39.9 Å². The van der Waals surface area contributed by atoms with Crippen LogP contribution in [0.5, 0.6) is 0 Å². The Balaban J connectivity index is 3.28. The minimum Gasteiger partial charge on any atom is -0.377 e. The normalized spacial score (nSPS) is 15.3. The molecule has 1 aromatic carbocycles. The lowest BCUT2D eigenvalue weighted by atomic mass is 9.92. The number of halogens is 11. The summed E-state index contributed by atoms with van der Waals surface area (Å²) in [4.78, 5) is 9.58. The van der Waals surface area contributed by atoms with Crippen molar-refractivity contribution in [1.82, 2.24) is 0 Å². The molecule has 1 rings (SSSR count). The fourth-order valence-corrected chi connectivity index (χ4v) is 2.11. The molecule has 0 spiro atoms. The summed E-state index contributed by atoms with van der Waals surface area (Å²) < 4.78 is 147. The highest BCUT2D eigenvalue weighted by Crippen LogP contribution is 2.58. The second-order valence-electron chi connectivity index (χ2n) is 5.70. The third-order valence-electron chi connectivity index (χ3n) is 3.81. The van der Waals surface area contributed by atoms with Crippen LogP contribution in [-0.2, 0) is 4.74 Å². The molecule has 0 fully saturated rings. The maximum atomic E-state index is 13.8. The van der Waals surface area contributed by atoms with Gasteiger partial charge in [0.1, 0.15) is 0 Å². The van der Waals surface area contributed by atoms with Crippen LogP contribution < -0.4 is 0 Å². The summed E-state index contributed by atoms with van der Waals surface area (Å²) in [5.74, 6) is -28.2. The van der Waals surface area contributed by atoms with Gasteiger partial charge in [0.15, 0.2) is 0 Å². The molecule has 1 aromatic rings. The summed E-state index contributed by atoms with van der Waals surface area (Å²) in [6, 6.07) is 2.88. The number of benzene rings is 1. The van der Waals surface area contributed by atoms with Crippen molar-refractivity contribution in [2.75, 3.05) is 7.11 Å². The molecule has 0 saturated carbocycles. The second-order valence-corrected chi connectivity index (χ2v) is 5.70. The Labute approximate surface area is 154 Å². The summed E-state index contributed by atoms with van der Waals surface area (Å²) in [7, 11) is 0.628. The van der Waals surface area contributed by atoms with Crippen molar-refractivity contribution < 1.29 is 58.0 Å². The average Bonchev–Trinajstić information content (AvgIpc) is 2.58. The van der Waals surface area contributed by atoms with Crippen molar-refractivity contribution in [3.8, 4) is 0 Å². The van der Waals surface area contributed by atoms with Gasteiger partial charge in [0, 0.05) is 25.7 Å². The van der Waals surface area contributed by atoms with Gasteiger partial charge in [-0.15, -0.1) is 0 Å². The highest BCUT2D eigenvalue weighted by Gasteiger charge is 2.87. The summed E-state index contributed by atoms with van der Waals surface area (Å²) in [5.41, 5.74) is -1.06. The molecule has 0 aliphatic heterocycles. The summed E-state index contributed by atoms with van der Waals surface area (Å²) in [5, 5.41) is 10.5. The van der Waals surface area contributed by atoms with Crippen molar-refractivity contribution in [1.29, 1.82) is 0 Å². The number of rotatable bonds is 8. The Morgan fingerprint density at radius 3 is 1.66 bits per heavy atom. The number of nitro benzene ring substituents is 1. The van der Waals surface area contributed by atoms with E-state index < -0.39 is 58.6 Å². The summed E-state index contributed by atoms with van der Waals surface area (Å²) in [6.07, 6.45) is -11.9. The SMILES string of the molecule is COC(CC(F)(F)C(F)(F)C(F)(F)C(F)(F)C(F)(F)F)c1ccc([N+](=O)[O-])cc1. The van der Waals surface area contributed by atoms with E-state index in [1.165, 1.54) is 0 Å². The van der Waals surface area contributed by atoms with Crippen LogP contribution in [0.15, 0.2) is 24.3 Å². The van der Waals surface area contributed by atoms with Gasteiger partial charge in [0.05, 0.1) is 11.0 Å². The topological polar surface area (TPSA) is 52.4 Å². The molecule has 0 amide bonds. The number of ether oxygens (including phenoxy) is 1. The lowest BCUT2D eigenvalue weighted by Crippen LogP contribution is -2.66. The van der Waals surface area contributed by atoms with E-state index in [4.69, 9.17) is 0 Å². The Kier molecular flexibility index (Phi) is 6.49. The van der Waals surface area contributed by atoms with E-state index >= 15 is 0 Å². The minimum atomic E-state index is -7.50. The van der Waals surface area contributed by atoms with Crippen LogP contribution in [0, 0.1) is 10.1 Å². The highest BCUT2D eigenvalue weighted by molar-refractivity contribution is 5.34. The molecular formula is C14H10F11NO3. The largest absolute Gasteiger partial charge is 0.460 e. The molecule has 0 bridgehead atoms. The first-order valence-corrected chi connectivity index (χ1v) is 7.18. The molecular weight excluding hydrogens is 439 g/mol. The molecule has 29 heavy (non-hydrogen) atoms. The first-order valence-electron chi connectivity index (χ1n) is 7.18. The van der Waals surface area contributed by atoms with Gasteiger partial charge in [-0.1, -0.05) is 0 Å². The van der Waals surface area contributed by atoms with E-state index in [-0.39, 0.29) is 0 Å². The zero-order valence-electron chi connectivity index (χ0n) is 13.9. The van der Waals surface area contributed by atoms with Crippen molar-refractivity contribution in [3.63, 3.8) is 0 Å². The first-order chi connectivity index (χ1) is 12.8. The van der Waals surface area contributed by atoms with Crippen LogP contribution in [0.2, 0.25) is 0 Å². The quantitative estimate of drug-likeness (QED) is 0.288. The van der Waals surface area contributed by atoms with E-state index in [1.54, 1.807) is 0 Å². The Morgan fingerprint density at radius 2 is 1.31 bits per heavy atom. The third kappa shape index (κ3) is 4.23. The van der Waals surface area contributed by atoms with Crippen molar-refractivity contribution >= 4 is 5.69 Å². The van der Waals surface area contributed by atoms with Crippen LogP contribution in [0.3, 0.4) is 0 Å². The zero-order valence-corrected chi connectivity index (χ0v) is 13.9. The van der Waals surface area contributed by atoms with Gasteiger partial charge in [0.2, 0.25) is 0 Å². The van der Waals surface area contributed by atoms with Gasteiger partial charge in [0.25, 0.3) is 5.69 Å². The number of methoxy groups -OCH3 is 1. The second kappa shape index (κ2) is 7.57. The minimum absolute atomic E-state index is 0.487. The molecule has 0 heterocycles. The number of non-ortho nitro benzene ring substituents is 1. The predicted molar refractivity (Wildman–Crippen MR) is 73.3 cm³/mol. The Morgan fingerprint density at radius 1 is 0.862 bits per heavy atom. The maximum Gasteiger partial charge on any atom is 0.460 e. The third-order valence-corrected chi connectivity index (χ3v) is 3.81. The Hall–Kier alpha value is -2.19. The van der Waals surface area contributed by atoms with E-state index in [2.05, 4.69) is 4.74 Å². The van der Waals surface area contributed by atoms with Crippen LogP contribution in [0.1, 0.15) is 18.1 Å². The molecule has 0 aromatic heterocycles. The molecule has 0 aliphatic rings. The molecule has 0 aliphatic carbocycles. The molecule has 1 unspecified atom stereocenters. The monoisotopic (exact) mass is 449 g/mol. The van der Waals surface area contributed by atoms with E-state index in [0.29, 0.717) is 19.2 Å².